The molecule has 0 aliphatic carbocycles. The highest BCUT2D eigenvalue weighted by molar-refractivity contribution is 5.45. The highest BCUT2D eigenvalue weighted by atomic mass is 15.2. The van der Waals surface area contributed by atoms with Gasteiger partial charge in [-0.05, 0) is 44.4 Å². The summed E-state index contributed by atoms with van der Waals surface area (Å²) in [5.74, 6) is 0.880. The van der Waals surface area contributed by atoms with E-state index in [0.717, 1.165) is 18.0 Å². The SMILES string of the molecule is CCCC1CCN(c2ccc(C(CC)NC)nc2)C1. The summed E-state index contributed by atoms with van der Waals surface area (Å²) in [6.45, 7) is 6.86. The highest BCUT2D eigenvalue weighted by Gasteiger charge is 2.22. The van der Waals surface area contributed by atoms with E-state index in [2.05, 4.69) is 41.2 Å². The number of nitrogens with one attached hydrogen (secondary N) is 1. The zero-order chi connectivity index (χ0) is 13.7. The molecule has 2 atom stereocenters. The molecule has 3 nitrogen and oxygen atoms in total. The minimum atomic E-state index is 0.375. The largest absolute Gasteiger partial charge is 0.370 e. The van der Waals surface area contributed by atoms with Crippen LogP contribution in [0.25, 0.3) is 0 Å². The number of pyridine rings is 1. The van der Waals surface area contributed by atoms with Crippen LogP contribution < -0.4 is 10.2 Å². The Bertz CT molecular complexity index is 370. The lowest BCUT2D eigenvalue weighted by Crippen LogP contribution is -2.21. The van der Waals surface area contributed by atoms with E-state index < -0.39 is 0 Å². The number of hydrogen-bond acceptors (Lipinski definition) is 3. The Balaban J connectivity index is 1.99. The van der Waals surface area contributed by atoms with Gasteiger partial charge >= 0.3 is 0 Å². The van der Waals surface area contributed by atoms with Gasteiger partial charge in [-0.25, -0.2) is 0 Å². The molecule has 0 bridgehead atoms. The third-order valence-electron chi connectivity index (χ3n) is 4.23. The van der Waals surface area contributed by atoms with Gasteiger partial charge in [0.25, 0.3) is 0 Å². The first-order chi connectivity index (χ1) is 9.28. The summed E-state index contributed by atoms with van der Waals surface area (Å²) in [4.78, 5) is 7.12. The fraction of sp³-hybridized carbons (Fsp3) is 0.688. The van der Waals surface area contributed by atoms with Gasteiger partial charge in [-0.15, -0.1) is 0 Å². The molecule has 0 spiro atoms. The van der Waals surface area contributed by atoms with Gasteiger partial charge in [-0.1, -0.05) is 20.3 Å². The smallest absolute Gasteiger partial charge is 0.0574 e. The van der Waals surface area contributed by atoms with Crippen LogP contribution in [-0.2, 0) is 0 Å². The average Bonchev–Trinajstić information content (AvgIpc) is 2.90. The van der Waals surface area contributed by atoms with Crippen LogP contribution in [0.2, 0.25) is 0 Å². The first-order valence-corrected chi connectivity index (χ1v) is 7.66. The van der Waals surface area contributed by atoms with Gasteiger partial charge in [0.1, 0.15) is 0 Å². The summed E-state index contributed by atoms with van der Waals surface area (Å²) >= 11 is 0. The molecule has 0 amide bonds. The Labute approximate surface area is 117 Å². The Morgan fingerprint density at radius 2 is 2.26 bits per heavy atom. The van der Waals surface area contributed by atoms with Crippen LogP contribution in [0.15, 0.2) is 18.3 Å². The van der Waals surface area contributed by atoms with E-state index in [1.165, 1.54) is 38.0 Å². The summed E-state index contributed by atoms with van der Waals surface area (Å²) in [6, 6.07) is 4.78. The zero-order valence-corrected chi connectivity index (χ0v) is 12.5. The molecule has 106 valence electrons. The van der Waals surface area contributed by atoms with Crippen molar-refractivity contribution in [3.63, 3.8) is 0 Å². The molecule has 1 N–H and O–H groups in total. The van der Waals surface area contributed by atoms with Gasteiger partial charge in [0, 0.05) is 19.1 Å². The molecular weight excluding hydrogens is 234 g/mol. The molecule has 19 heavy (non-hydrogen) atoms. The van der Waals surface area contributed by atoms with Gasteiger partial charge < -0.3 is 10.2 Å². The lowest BCUT2D eigenvalue weighted by molar-refractivity contribution is 0.529. The fourth-order valence-electron chi connectivity index (χ4n) is 3.06. The molecule has 1 aliphatic rings. The van der Waals surface area contributed by atoms with Crippen LogP contribution in [0.5, 0.6) is 0 Å². The molecule has 1 aromatic rings. The third kappa shape index (κ3) is 3.47. The molecular formula is C16H27N3. The van der Waals surface area contributed by atoms with E-state index in [1.807, 2.05) is 13.2 Å². The topological polar surface area (TPSA) is 28.2 Å². The number of nitrogens with zero attached hydrogens (tertiary/aromatic N) is 2. The zero-order valence-electron chi connectivity index (χ0n) is 12.5. The number of hydrogen-bond donors (Lipinski definition) is 1. The minimum absolute atomic E-state index is 0.375. The average molecular weight is 261 g/mol. The first-order valence-electron chi connectivity index (χ1n) is 7.66. The quantitative estimate of drug-likeness (QED) is 0.851. The summed E-state index contributed by atoms with van der Waals surface area (Å²) in [6.07, 6.45) is 7.12. The molecule has 0 radical (unpaired) electrons. The molecule has 0 aromatic carbocycles. The number of anilines is 1. The van der Waals surface area contributed by atoms with Crippen LogP contribution in [0.4, 0.5) is 5.69 Å². The Kier molecular flexibility index (Phi) is 5.20. The molecule has 0 saturated carbocycles. The molecule has 2 unspecified atom stereocenters. The predicted molar refractivity (Wildman–Crippen MR) is 81.6 cm³/mol. The van der Waals surface area contributed by atoms with Gasteiger partial charge in [0.05, 0.1) is 17.6 Å². The van der Waals surface area contributed by atoms with Gasteiger partial charge in [-0.3, -0.25) is 4.98 Å². The maximum absolute atomic E-state index is 4.63. The predicted octanol–water partition coefficient (Wildman–Crippen LogP) is 3.38. The van der Waals surface area contributed by atoms with E-state index in [-0.39, 0.29) is 0 Å². The number of rotatable bonds is 6. The molecule has 1 aromatic heterocycles. The summed E-state index contributed by atoms with van der Waals surface area (Å²) < 4.78 is 0. The first kappa shape index (κ1) is 14.3. The van der Waals surface area contributed by atoms with Crippen molar-refractivity contribution in [3.05, 3.63) is 24.0 Å². The van der Waals surface area contributed by atoms with Gasteiger partial charge in [-0.2, -0.15) is 0 Å². The Morgan fingerprint density at radius 1 is 1.42 bits per heavy atom. The second kappa shape index (κ2) is 6.90. The van der Waals surface area contributed by atoms with Crippen molar-refractivity contribution in [2.75, 3.05) is 25.0 Å². The van der Waals surface area contributed by atoms with Crippen molar-refractivity contribution in [1.82, 2.24) is 10.3 Å². The molecule has 1 aliphatic heterocycles. The van der Waals surface area contributed by atoms with Crippen LogP contribution in [0.3, 0.4) is 0 Å². The summed E-state index contributed by atoms with van der Waals surface area (Å²) in [5, 5.41) is 3.30. The van der Waals surface area contributed by atoms with E-state index in [9.17, 15) is 0 Å². The standard InChI is InChI=1S/C16H27N3/c1-4-6-13-9-10-19(12-13)14-7-8-16(18-11-14)15(5-2)17-3/h7-8,11,13,15,17H,4-6,9-10,12H2,1-3H3. The van der Waals surface area contributed by atoms with E-state index in [4.69, 9.17) is 0 Å². The highest BCUT2D eigenvalue weighted by Crippen LogP contribution is 2.26. The minimum Gasteiger partial charge on any atom is -0.370 e. The molecule has 1 saturated heterocycles. The van der Waals surface area contributed by atoms with Crippen LogP contribution in [0.1, 0.15) is 51.3 Å². The second-order valence-corrected chi connectivity index (χ2v) is 5.58. The van der Waals surface area contributed by atoms with Crippen molar-refractivity contribution in [2.24, 2.45) is 5.92 Å². The van der Waals surface area contributed by atoms with E-state index in [0.29, 0.717) is 6.04 Å². The van der Waals surface area contributed by atoms with Crippen molar-refractivity contribution < 1.29 is 0 Å². The summed E-state index contributed by atoms with van der Waals surface area (Å²) in [5.41, 5.74) is 2.44. The summed E-state index contributed by atoms with van der Waals surface area (Å²) in [7, 11) is 2.00. The van der Waals surface area contributed by atoms with Crippen LogP contribution in [-0.4, -0.2) is 25.1 Å². The lowest BCUT2D eigenvalue weighted by atomic mass is 10.0. The maximum atomic E-state index is 4.63. The molecule has 2 rings (SSSR count). The van der Waals surface area contributed by atoms with E-state index in [1.54, 1.807) is 0 Å². The van der Waals surface area contributed by atoms with Crippen molar-refractivity contribution in [1.29, 1.82) is 0 Å². The monoisotopic (exact) mass is 261 g/mol. The number of aromatic nitrogens is 1. The third-order valence-corrected chi connectivity index (χ3v) is 4.23. The molecule has 1 fully saturated rings. The van der Waals surface area contributed by atoms with Crippen LogP contribution >= 0.6 is 0 Å². The van der Waals surface area contributed by atoms with Gasteiger partial charge in [0.15, 0.2) is 0 Å². The van der Waals surface area contributed by atoms with Gasteiger partial charge in [0.2, 0.25) is 0 Å². The lowest BCUT2D eigenvalue weighted by Gasteiger charge is -2.20. The second-order valence-electron chi connectivity index (χ2n) is 5.58. The fourth-order valence-corrected chi connectivity index (χ4v) is 3.06. The van der Waals surface area contributed by atoms with Crippen LogP contribution in [0, 0.1) is 5.92 Å². The van der Waals surface area contributed by atoms with E-state index >= 15 is 0 Å². The molecule has 3 heteroatoms. The van der Waals surface area contributed by atoms with Crippen molar-refractivity contribution in [2.45, 2.75) is 45.6 Å². The Morgan fingerprint density at radius 3 is 2.84 bits per heavy atom. The normalized spacial score (nSPS) is 20.8. The van der Waals surface area contributed by atoms with Crippen molar-refractivity contribution >= 4 is 5.69 Å². The molecule has 2 heterocycles. The van der Waals surface area contributed by atoms with Crippen molar-refractivity contribution in [3.8, 4) is 0 Å². The maximum Gasteiger partial charge on any atom is 0.0574 e. The Hall–Kier alpha value is -1.09.